The van der Waals surface area contributed by atoms with Crippen LogP contribution >= 0.6 is 11.6 Å². The highest BCUT2D eigenvalue weighted by molar-refractivity contribution is 6.32. The Labute approximate surface area is 149 Å². The number of esters is 1. The Bertz CT molecular complexity index is 931. The van der Waals surface area contributed by atoms with Crippen molar-refractivity contribution in [2.75, 3.05) is 7.11 Å². The summed E-state index contributed by atoms with van der Waals surface area (Å²) in [5.41, 5.74) is 6.87. The van der Waals surface area contributed by atoms with Gasteiger partial charge in [0.25, 0.3) is 0 Å². The van der Waals surface area contributed by atoms with Crippen molar-refractivity contribution in [3.63, 3.8) is 0 Å². The van der Waals surface area contributed by atoms with E-state index in [-0.39, 0.29) is 17.7 Å². The topological polar surface area (TPSA) is 76.1 Å². The first-order valence-corrected chi connectivity index (χ1v) is 7.86. The largest absolute Gasteiger partial charge is 0.466 e. The molecule has 0 amide bonds. The maximum Gasteiger partial charge on any atom is 0.335 e. The molecule has 0 saturated heterocycles. The van der Waals surface area contributed by atoms with Crippen molar-refractivity contribution in [2.24, 2.45) is 5.73 Å². The fourth-order valence-corrected chi connectivity index (χ4v) is 3.58. The van der Waals surface area contributed by atoms with Gasteiger partial charge in [-0.2, -0.15) is 5.26 Å². The Morgan fingerprint density at radius 1 is 1.32 bits per heavy atom. The molecule has 0 heterocycles. The first-order valence-electron chi connectivity index (χ1n) is 7.48. The van der Waals surface area contributed by atoms with E-state index >= 15 is 0 Å². The molecule has 2 aromatic carbocycles. The van der Waals surface area contributed by atoms with Crippen molar-refractivity contribution in [1.82, 2.24) is 0 Å². The molecule has 6 heteroatoms. The molecule has 2 N–H and O–H groups in total. The Hall–Kier alpha value is -2.84. The van der Waals surface area contributed by atoms with Gasteiger partial charge in [-0.25, -0.2) is 9.18 Å². The first kappa shape index (κ1) is 17.0. The van der Waals surface area contributed by atoms with E-state index in [1.165, 1.54) is 31.4 Å². The van der Waals surface area contributed by atoms with Crippen LogP contribution in [0.5, 0.6) is 0 Å². The van der Waals surface area contributed by atoms with E-state index in [0.29, 0.717) is 21.7 Å². The van der Waals surface area contributed by atoms with Crippen LogP contribution in [0, 0.1) is 17.1 Å². The van der Waals surface area contributed by atoms with E-state index in [2.05, 4.69) is 6.07 Å². The average molecular weight is 357 g/mol. The molecular weight excluding hydrogens is 343 g/mol. The zero-order valence-electron chi connectivity index (χ0n) is 13.3. The van der Waals surface area contributed by atoms with Gasteiger partial charge in [0.1, 0.15) is 11.2 Å². The fraction of sp³-hybridized carbons (Fsp3) is 0.158. The van der Waals surface area contributed by atoms with Crippen LogP contribution in [0.25, 0.3) is 5.70 Å². The molecular formula is C19H14ClFN2O2. The molecule has 1 aliphatic rings. The minimum Gasteiger partial charge on any atom is -0.466 e. The molecule has 0 spiro atoms. The minimum atomic E-state index is -1.27. The number of nitrogens with two attached hydrogens (primary N) is 1. The second-order valence-electron chi connectivity index (χ2n) is 5.75. The van der Waals surface area contributed by atoms with Crippen molar-refractivity contribution < 1.29 is 13.9 Å². The molecule has 0 fully saturated rings. The summed E-state index contributed by atoms with van der Waals surface area (Å²) in [5.74, 6) is -1.03. The highest BCUT2D eigenvalue weighted by Crippen LogP contribution is 2.48. The van der Waals surface area contributed by atoms with Crippen LogP contribution in [-0.4, -0.2) is 13.1 Å². The molecule has 1 aliphatic carbocycles. The minimum absolute atomic E-state index is 0.00955. The Morgan fingerprint density at radius 3 is 2.60 bits per heavy atom. The molecule has 0 saturated carbocycles. The standard InChI is InChI=1S/C19H14ClFN2O2/c1-25-18(24)14-9-19(10-22,11-5-7-12(21)8-6-11)16-13(17(14)23)3-2-4-15(16)20/h2-8H,9,23H2,1H3. The third-order valence-corrected chi connectivity index (χ3v) is 4.77. The summed E-state index contributed by atoms with van der Waals surface area (Å²) in [4.78, 5) is 12.2. The third-order valence-electron chi connectivity index (χ3n) is 4.46. The van der Waals surface area contributed by atoms with Crippen LogP contribution in [0.1, 0.15) is 23.1 Å². The number of nitrogens with zero attached hydrogens (tertiary/aromatic N) is 1. The lowest BCUT2D eigenvalue weighted by Gasteiger charge is -2.35. The van der Waals surface area contributed by atoms with E-state index in [4.69, 9.17) is 22.1 Å². The summed E-state index contributed by atoms with van der Waals surface area (Å²) in [6.45, 7) is 0. The van der Waals surface area contributed by atoms with Crippen LogP contribution in [0.15, 0.2) is 48.0 Å². The highest BCUT2D eigenvalue weighted by atomic mass is 35.5. The van der Waals surface area contributed by atoms with Gasteiger partial charge in [0.2, 0.25) is 0 Å². The number of carbonyl (C=O) groups is 1. The van der Waals surface area contributed by atoms with Gasteiger partial charge < -0.3 is 10.5 Å². The van der Waals surface area contributed by atoms with Crippen molar-refractivity contribution in [3.05, 3.63) is 75.6 Å². The third kappa shape index (κ3) is 2.55. The second kappa shape index (κ2) is 6.23. The van der Waals surface area contributed by atoms with Crippen LogP contribution < -0.4 is 5.73 Å². The summed E-state index contributed by atoms with van der Waals surface area (Å²) in [7, 11) is 1.25. The summed E-state index contributed by atoms with van der Waals surface area (Å²) in [6, 6.07) is 12.9. The fourth-order valence-electron chi connectivity index (χ4n) is 3.24. The van der Waals surface area contributed by atoms with Crippen LogP contribution in [0.3, 0.4) is 0 Å². The summed E-state index contributed by atoms with van der Waals surface area (Å²) in [6.07, 6.45) is -0.00955. The smallest absolute Gasteiger partial charge is 0.335 e. The molecule has 0 aromatic heterocycles. The molecule has 0 radical (unpaired) electrons. The number of hydrogen-bond acceptors (Lipinski definition) is 4. The predicted molar refractivity (Wildman–Crippen MR) is 92.0 cm³/mol. The number of halogens is 2. The number of hydrogen-bond donors (Lipinski definition) is 1. The van der Waals surface area contributed by atoms with E-state index in [1.807, 2.05) is 0 Å². The van der Waals surface area contributed by atoms with Gasteiger partial charge in [-0.05, 0) is 23.8 Å². The number of rotatable bonds is 2. The number of nitriles is 1. The van der Waals surface area contributed by atoms with Gasteiger partial charge in [-0.3, -0.25) is 0 Å². The number of fused-ring (bicyclic) bond motifs is 1. The molecule has 0 bridgehead atoms. The van der Waals surface area contributed by atoms with E-state index < -0.39 is 17.2 Å². The monoisotopic (exact) mass is 356 g/mol. The van der Waals surface area contributed by atoms with E-state index in [1.54, 1.807) is 18.2 Å². The van der Waals surface area contributed by atoms with Crippen molar-refractivity contribution in [3.8, 4) is 6.07 Å². The van der Waals surface area contributed by atoms with Crippen molar-refractivity contribution in [2.45, 2.75) is 11.8 Å². The van der Waals surface area contributed by atoms with Crippen molar-refractivity contribution in [1.29, 1.82) is 5.26 Å². The van der Waals surface area contributed by atoms with E-state index in [9.17, 15) is 14.4 Å². The number of ether oxygens (including phenoxy) is 1. The first-order chi connectivity index (χ1) is 11.9. The lowest BCUT2D eigenvalue weighted by Crippen LogP contribution is -2.35. The van der Waals surface area contributed by atoms with Crippen LogP contribution in [-0.2, 0) is 14.9 Å². The van der Waals surface area contributed by atoms with Gasteiger partial charge in [0.05, 0.1) is 18.8 Å². The lowest BCUT2D eigenvalue weighted by molar-refractivity contribution is -0.136. The average Bonchev–Trinajstić information content (AvgIpc) is 2.63. The van der Waals surface area contributed by atoms with Gasteiger partial charge in [-0.15, -0.1) is 0 Å². The Balaban J connectivity index is 2.36. The summed E-state index contributed by atoms with van der Waals surface area (Å²) in [5, 5.41) is 10.4. The number of carbonyl (C=O) groups excluding carboxylic acids is 1. The normalized spacial score (nSPS) is 19.1. The second-order valence-corrected chi connectivity index (χ2v) is 6.15. The summed E-state index contributed by atoms with van der Waals surface area (Å²) >= 11 is 6.39. The van der Waals surface area contributed by atoms with Gasteiger partial charge in [-0.1, -0.05) is 35.9 Å². The molecule has 126 valence electrons. The van der Waals surface area contributed by atoms with Crippen LogP contribution in [0.4, 0.5) is 4.39 Å². The van der Waals surface area contributed by atoms with Crippen molar-refractivity contribution >= 4 is 23.3 Å². The highest BCUT2D eigenvalue weighted by Gasteiger charge is 2.44. The number of benzene rings is 2. The lowest BCUT2D eigenvalue weighted by atomic mass is 9.66. The SMILES string of the molecule is COC(=O)C1=C(N)c2cccc(Cl)c2C(C#N)(c2ccc(F)cc2)C1. The summed E-state index contributed by atoms with van der Waals surface area (Å²) < 4.78 is 18.2. The van der Waals surface area contributed by atoms with E-state index in [0.717, 1.165) is 0 Å². The molecule has 4 nitrogen and oxygen atoms in total. The van der Waals surface area contributed by atoms with Crippen LogP contribution in [0.2, 0.25) is 5.02 Å². The molecule has 25 heavy (non-hydrogen) atoms. The molecule has 0 aliphatic heterocycles. The van der Waals surface area contributed by atoms with Gasteiger partial charge in [0.15, 0.2) is 0 Å². The zero-order chi connectivity index (χ0) is 18.2. The maximum atomic E-state index is 13.4. The quantitative estimate of drug-likeness (QED) is 0.835. The molecule has 1 atom stereocenters. The van der Waals surface area contributed by atoms with Gasteiger partial charge >= 0.3 is 5.97 Å². The molecule has 1 unspecified atom stereocenters. The Morgan fingerprint density at radius 2 is 2.00 bits per heavy atom. The number of methoxy groups -OCH3 is 1. The zero-order valence-corrected chi connectivity index (χ0v) is 14.1. The van der Waals surface area contributed by atoms with Gasteiger partial charge in [0, 0.05) is 28.3 Å². The Kier molecular flexibility index (Phi) is 4.23. The molecule has 2 aromatic rings. The maximum absolute atomic E-state index is 13.4. The molecule has 3 rings (SSSR count). The predicted octanol–water partition coefficient (Wildman–Crippen LogP) is 3.54.